The fourth-order valence-corrected chi connectivity index (χ4v) is 6.05. The lowest BCUT2D eigenvalue weighted by Crippen LogP contribution is -2.56. The van der Waals surface area contributed by atoms with Crippen molar-refractivity contribution in [2.75, 3.05) is 38.7 Å². The lowest BCUT2D eigenvalue weighted by Gasteiger charge is -2.44. The highest BCUT2D eigenvalue weighted by Crippen LogP contribution is 2.33. The molecule has 2 aliphatic heterocycles. The van der Waals surface area contributed by atoms with Gasteiger partial charge in [-0.25, -0.2) is 18.0 Å². The van der Waals surface area contributed by atoms with Crippen molar-refractivity contribution in [1.29, 1.82) is 0 Å². The molecule has 45 heavy (non-hydrogen) atoms. The third kappa shape index (κ3) is 8.12. The Kier molecular flexibility index (Phi) is 10.6. The van der Waals surface area contributed by atoms with Crippen LogP contribution in [0.3, 0.4) is 0 Å². The second kappa shape index (κ2) is 14.6. The number of nitrogens with one attached hydrogen (secondary N) is 3. The lowest BCUT2D eigenvalue weighted by atomic mass is 9.84. The van der Waals surface area contributed by atoms with Crippen LogP contribution in [0, 0.1) is 17.5 Å². The van der Waals surface area contributed by atoms with Gasteiger partial charge in [0.1, 0.15) is 23.5 Å². The molecule has 0 bridgehead atoms. The highest BCUT2D eigenvalue weighted by atomic mass is 35.5. The Balaban J connectivity index is 1.42. The van der Waals surface area contributed by atoms with Gasteiger partial charge in [0.25, 0.3) is 0 Å². The van der Waals surface area contributed by atoms with Crippen LogP contribution in [0.25, 0.3) is 0 Å². The van der Waals surface area contributed by atoms with E-state index in [1.807, 2.05) is 0 Å². The molecule has 2 saturated heterocycles. The number of ether oxygens (including phenoxy) is 3. The van der Waals surface area contributed by atoms with Crippen LogP contribution in [-0.2, 0) is 25.4 Å². The van der Waals surface area contributed by atoms with Crippen molar-refractivity contribution in [3.05, 3.63) is 94.0 Å². The Labute approximate surface area is 263 Å². The highest BCUT2D eigenvalue weighted by Gasteiger charge is 2.39. The van der Waals surface area contributed by atoms with Crippen LogP contribution >= 0.6 is 11.6 Å². The molecule has 3 heterocycles. The molecular weight excluding hydrogens is 613 g/mol. The Morgan fingerprint density at radius 1 is 1.09 bits per heavy atom. The van der Waals surface area contributed by atoms with Gasteiger partial charge in [0.05, 0.1) is 36.9 Å². The Bertz CT molecular complexity index is 1480. The summed E-state index contributed by atoms with van der Waals surface area (Å²) in [6.45, 7) is 2.54. The van der Waals surface area contributed by atoms with E-state index in [2.05, 4.69) is 20.9 Å². The molecule has 0 saturated carbocycles. The van der Waals surface area contributed by atoms with E-state index in [4.69, 9.17) is 25.8 Å². The van der Waals surface area contributed by atoms with Crippen LogP contribution in [0.5, 0.6) is 0 Å². The van der Waals surface area contributed by atoms with Crippen LogP contribution in [0.15, 0.2) is 54.9 Å². The summed E-state index contributed by atoms with van der Waals surface area (Å²) in [5, 5.41) is 8.98. The van der Waals surface area contributed by atoms with E-state index in [-0.39, 0.29) is 34.9 Å². The van der Waals surface area contributed by atoms with E-state index in [0.717, 1.165) is 44.8 Å². The number of nitrogens with zero attached hydrogens (tertiary/aromatic N) is 1. The van der Waals surface area contributed by atoms with Crippen molar-refractivity contribution in [3.8, 4) is 0 Å². The molecule has 3 atom stereocenters. The quantitative estimate of drug-likeness (QED) is 0.296. The van der Waals surface area contributed by atoms with Crippen molar-refractivity contribution in [3.63, 3.8) is 0 Å². The minimum Gasteiger partial charge on any atom is -0.453 e. The van der Waals surface area contributed by atoms with Gasteiger partial charge in [-0.1, -0.05) is 23.7 Å². The average molecular weight is 647 g/mol. The van der Waals surface area contributed by atoms with Crippen molar-refractivity contribution in [2.45, 2.75) is 49.3 Å². The minimum atomic E-state index is -1.46. The van der Waals surface area contributed by atoms with E-state index in [1.165, 1.54) is 6.20 Å². The zero-order valence-corrected chi connectivity index (χ0v) is 25.3. The van der Waals surface area contributed by atoms with Gasteiger partial charge in [0.2, 0.25) is 5.91 Å². The summed E-state index contributed by atoms with van der Waals surface area (Å²) in [7, 11) is 1.12. The molecule has 240 valence electrons. The Morgan fingerprint density at radius 2 is 1.80 bits per heavy atom. The van der Waals surface area contributed by atoms with Crippen molar-refractivity contribution in [2.24, 2.45) is 0 Å². The summed E-state index contributed by atoms with van der Waals surface area (Å²) in [5.74, 6) is -4.28. The fourth-order valence-electron chi connectivity index (χ4n) is 5.92. The van der Waals surface area contributed by atoms with E-state index in [0.29, 0.717) is 42.8 Å². The number of benzene rings is 2. The third-order valence-electron chi connectivity index (χ3n) is 8.17. The zero-order chi connectivity index (χ0) is 32.0. The number of aromatic nitrogens is 1. The topological polar surface area (TPSA) is 111 Å². The van der Waals surface area contributed by atoms with E-state index >= 15 is 4.39 Å². The predicted molar refractivity (Wildman–Crippen MR) is 161 cm³/mol. The van der Waals surface area contributed by atoms with Gasteiger partial charge in [-0.15, -0.1) is 0 Å². The predicted octanol–water partition coefficient (Wildman–Crippen LogP) is 5.12. The first kappa shape index (κ1) is 32.7. The number of methoxy groups -OCH3 is 1. The van der Waals surface area contributed by atoms with E-state index in [9.17, 15) is 18.4 Å². The first-order valence-corrected chi connectivity index (χ1v) is 15.0. The molecular formula is C32H34ClF3N4O5. The van der Waals surface area contributed by atoms with Crippen LogP contribution in [0.4, 0.5) is 23.7 Å². The molecule has 0 unspecified atom stereocenters. The molecule has 2 aromatic carbocycles. The number of morpholine rings is 1. The van der Waals surface area contributed by atoms with Crippen molar-refractivity contribution >= 4 is 29.3 Å². The first-order valence-electron chi connectivity index (χ1n) is 14.6. The molecule has 1 spiro atoms. The molecule has 2 amide bonds. The number of amides is 2. The number of carbonyl (C=O) groups excluding carboxylic acids is 2. The number of hydrogen-bond acceptors (Lipinski definition) is 7. The molecule has 13 heteroatoms. The Hall–Kier alpha value is -3.71. The minimum absolute atomic E-state index is 0.0629. The van der Waals surface area contributed by atoms with Gasteiger partial charge in [0.15, 0.2) is 0 Å². The number of anilines is 1. The SMILES string of the molecule is COC(=O)N[C@H](C(=O)Nc1cncc(F)c1CC[C@@H]1CNCC2(CCOCC2)O1)[C@@H](c1ccc(Cl)cc1)c1cc(F)cc(F)c1. The largest absolute Gasteiger partial charge is 0.453 e. The van der Waals surface area contributed by atoms with Crippen LogP contribution in [0.2, 0.25) is 5.02 Å². The zero-order valence-electron chi connectivity index (χ0n) is 24.6. The smallest absolute Gasteiger partial charge is 0.407 e. The van der Waals surface area contributed by atoms with Gasteiger partial charge in [-0.05, 0) is 48.2 Å². The van der Waals surface area contributed by atoms with Crippen LogP contribution in [-0.4, -0.2) is 68.1 Å². The number of rotatable bonds is 9. The molecule has 0 aliphatic carbocycles. The summed E-state index contributed by atoms with van der Waals surface area (Å²) >= 11 is 6.08. The second-order valence-electron chi connectivity index (χ2n) is 11.2. The van der Waals surface area contributed by atoms with Crippen molar-refractivity contribution < 1.29 is 37.0 Å². The maximum Gasteiger partial charge on any atom is 0.407 e. The monoisotopic (exact) mass is 646 g/mol. The molecule has 5 rings (SSSR count). The summed E-state index contributed by atoms with van der Waals surface area (Å²) in [6, 6.07) is 7.63. The molecule has 1 aromatic heterocycles. The van der Waals surface area contributed by atoms with Gasteiger partial charge in [-0.3, -0.25) is 9.78 Å². The summed E-state index contributed by atoms with van der Waals surface area (Å²) in [4.78, 5) is 30.4. The van der Waals surface area contributed by atoms with Gasteiger partial charge >= 0.3 is 6.09 Å². The van der Waals surface area contributed by atoms with E-state index < -0.39 is 41.4 Å². The number of halogens is 4. The molecule has 3 aromatic rings. The van der Waals surface area contributed by atoms with Gasteiger partial charge in [-0.2, -0.15) is 0 Å². The number of hydrogen-bond donors (Lipinski definition) is 3. The molecule has 0 radical (unpaired) electrons. The maximum atomic E-state index is 15.2. The first-order chi connectivity index (χ1) is 21.7. The second-order valence-corrected chi connectivity index (χ2v) is 11.6. The number of carbonyl (C=O) groups is 2. The highest BCUT2D eigenvalue weighted by molar-refractivity contribution is 6.30. The molecule has 2 aliphatic rings. The van der Waals surface area contributed by atoms with Crippen LogP contribution < -0.4 is 16.0 Å². The number of pyridine rings is 1. The third-order valence-corrected chi connectivity index (χ3v) is 8.42. The summed E-state index contributed by atoms with van der Waals surface area (Å²) in [6.07, 6.45) is 3.41. The van der Waals surface area contributed by atoms with Gasteiger partial charge in [0, 0.05) is 61.7 Å². The standard InChI is InChI=1S/C32H34ClF3N4O5/c1-43-31(42)40-29(28(19-2-4-21(33)5-3-19)20-12-22(34)14-23(35)13-20)30(41)39-27-17-37-16-26(36)25(27)7-6-24-15-38-18-32(45-24)8-10-44-11-9-32/h2-5,12-14,16-17,24,28-29,38H,6-11,15,18H2,1H3,(H,39,41)(H,40,42)/t24-,28+,29+/m1/s1. The lowest BCUT2D eigenvalue weighted by molar-refractivity contribution is -0.160. The summed E-state index contributed by atoms with van der Waals surface area (Å²) in [5.41, 5.74) is 0.441. The maximum absolute atomic E-state index is 15.2. The molecule has 9 nitrogen and oxygen atoms in total. The normalized spacial score (nSPS) is 19.0. The molecule has 2 fully saturated rings. The van der Waals surface area contributed by atoms with Gasteiger partial charge < -0.3 is 30.2 Å². The average Bonchev–Trinajstić information content (AvgIpc) is 3.01. The van der Waals surface area contributed by atoms with Crippen LogP contribution in [0.1, 0.15) is 41.9 Å². The van der Waals surface area contributed by atoms with Crippen molar-refractivity contribution in [1.82, 2.24) is 15.6 Å². The fraction of sp³-hybridized carbons (Fsp3) is 0.406. The summed E-state index contributed by atoms with van der Waals surface area (Å²) < 4.78 is 60.7. The van der Waals surface area contributed by atoms with E-state index in [1.54, 1.807) is 24.3 Å². The number of alkyl carbamates (subject to hydrolysis) is 1. The Morgan fingerprint density at radius 3 is 2.49 bits per heavy atom. The molecule has 3 N–H and O–H groups in total.